The number of sulfone groups is 1. The Hall–Kier alpha value is -0.710. The summed E-state index contributed by atoms with van der Waals surface area (Å²) in [6, 6.07) is -0.185. The third-order valence-corrected chi connectivity index (χ3v) is 7.27. The van der Waals surface area contributed by atoms with Gasteiger partial charge in [0.25, 0.3) is 0 Å². The normalized spacial score (nSPS) is 20.7. The second-order valence-electron chi connectivity index (χ2n) is 4.97. The van der Waals surface area contributed by atoms with Crippen LogP contribution in [0, 0.1) is 5.41 Å². The first-order valence-electron chi connectivity index (χ1n) is 6.30. The lowest BCUT2D eigenvalue weighted by Crippen LogP contribution is -2.55. The largest absolute Gasteiger partial charge is 0.386 e. The molecule has 3 N–H and O–H groups in total. The number of rotatable bonds is 6. The number of nitrogens with zero attached hydrogens (tertiary/aromatic N) is 2. The van der Waals surface area contributed by atoms with E-state index in [-0.39, 0.29) is 25.0 Å². The average Bonchev–Trinajstić information content (AvgIpc) is 2.27. The van der Waals surface area contributed by atoms with Crippen LogP contribution in [0.25, 0.3) is 0 Å². The van der Waals surface area contributed by atoms with E-state index in [1.165, 1.54) is 4.31 Å². The van der Waals surface area contributed by atoms with Gasteiger partial charge in [-0.25, -0.2) is 16.8 Å². The second kappa shape index (κ2) is 6.37. The Morgan fingerprint density at radius 1 is 1.20 bits per heavy atom. The van der Waals surface area contributed by atoms with E-state index in [0.29, 0.717) is 19.5 Å². The fourth-order valence-electron chi connectivity index (χ4n) is 2.31. The Morgan fingerprint density at radius 2 is 1.70 bits per heavy atom. The molecule has 1 saturated heterocycles. The van der Waals surface area contributed by atoms with Gasteiger partial charge in [0, 0.05) is 32.4 Å². The van der Waals surface area contributed by atoms with Crippen molar-refractivity contribution in [1.82, 2.24) is 9.21 Å². The Morgan fingerprint density at radius 3 is 2.05 bits per heavy atom. The quantitative estimate of drug-likeness (QED) is 0.459. The van der Waals surface area contributed by atoms with Crippen LogP contribution in [-0.2, 0) is 19.9 Å². The molecule has 0 aromatic carbocycles. The molecule has 0 aromatic rings. The SMILES string of the molecule is CCC(C(=N)N)N1CCN(S(=O)(=O)CS(C)(=O)=O)CC1. The lowest BCUT2D eigenvalue weighted by Gasteiger charge is -2.37. The van der Waals surface area contributed by atoms with Gasteiger partial charge in [-0.3, -0.25) is 10.3 Å². The molecule has 10 heteroatoms. The zero-order valence-electron chi connectivity index (χ0n) is 11.7. The number of nitrogens with two attached hydrogens (primary N) is 1. The molecule has 20 heavy (non-hydrogen) atoms. The predicted octanol–water partition coefficient (Wildman–Crippen LogP) is -1.35. The fraction of sp³-hybridized carbons (Fsp3) is 0.900. The Kier molecular flexibility index (Phi) is 5.53. The van der Waals surface area contributed by atoms with Gasteiger partial charge >= 0.3 is 0 Å². The minimum Gasteiger partial charge on any atom is -0.386 e. The predicted molar refractivity (Wildman–Crippen MR) is 77.8 cm³/mol. The lowest BCUT2D eigenvalue weighted by molar-refractivity contribution is 0.164. The maximum atomic E-state index is 11.9. The summed E-state index contributed by atoms with van der Waals surface area (Å²) >= 11 is 0. The van der Waals surface area contributed by atoms with E-state index in [1.807, 2.05) is 11.8 Å². The number of nitrogens with one attached hydrogen (secondary N) is 1. The monoisotopic (exact) mass is 326 g/mol. The maximum Gasteiger partial charge on any atom is 0.228 e. The highest BCUT2D eigenvalue weighted by Gasteiger charge is 2.32. The van der Waals surface area contributed by atoms with E-state index in [0.717, 1.165) is 6.26 Å². The third-order valence-electron chi connectivity index (χ3n) is 3.22. The van der Waals surface area contributed by atoms with Crippen LogP contribution in [0.15, 0.2) is 0 Å². The molecule has 1 unspecified atom stereocenters. The van der Waals surface area contributed by atoms with Crippen molar-refractivity contribution in [3.05, 3.63) is 0 Å². The first-order valence-corrected chi connectivity index (χ1v) is 9.97. The molecule has 0 bridgehead atoms. The molecule has 1 heterocycles. The third kappa shape index (κ3) is 4.69. The van der Waals surface area contributed by atoms with Crippen LogP contribution < -0.4 is 5.73 Å². The minimum absolute atomic E-state index is 0.0694. The molecule has 0 saturated carbocycles. The van der Waals surface area contributed by atoms with Crippen LogP contribution in [0.1, 0.15) is 13.3 Å². The van der Waals surface area contributed by atoms with Gasteiger partial charge in [-0.1, -0.05) is 6.92 Å². The molecular formula is C10H22N4O4S2. The number of sulfonamides is 1. The van der Waals surface area contributed by atoms with Crippen molar-refractivity contribution < 1.29 is 16.8 Å². The molecule has 1 aliphatic rings. The summed E-state index contributed by atoms with van der Waals surface area (Å²) in [4.78, 5) is 1.95. The Bertz CT molecular complexity index is 550. The van der Waals surface area contributed by atoms with Crippen molar-refractivity contribution >= 4 is 25.7 Å². The van der Waals surface area contributed by atoms with Gasteiger partial charge < -0.3 is 5.73 Å². The minimum atomic E-state index is -3.78. The van der Waals surface area contributed by atoms with Crippen LogP contribution in [0.5, 0.6) is 0 Å². The lowest BCUT2D eigenvalue weighted by atomic mass is 10.1. The van der Waals surface area contributed by atoms with Gasteiger partial charge in [-0.2, -0.15) is 4.31 Å². The topological polar surface area (TPSA) is 125 Å². The van der Waals surface area contributed by atoms with Crippen molar-refractivity contribution in [2.24, 2.45) is 5.73 Å². The summed E-state index contributed by atoms with van der Waals surface area (Å²) in [6.07, 6.45) is 1.59. The zero-order chi connectivity index (χ0) is 15.6. The van der Waals surface area contributed by atoms with E-state index in [2.05, 4.69) is 0 Å². The smallest absolute Gasteiger partial charge is 0.228 e. The molecule has 1 rings (SSSR count). The Labute approximate surface area is 120 Å². The summed E-state index contributed by atoms with van der Waals surface area (Å²) in [7, 11) is -7.36. The zero-order valence-corrected chi connectivity index (χ0v) is 13.4. The molecule has 1 fully saturated rings. The van der Waals surface area contributed by atoms with Gasteiger partial charge in [0.15, 0.2) is 14.9 Å². The van der Waals surface area contributed by atoms with Crippen LogP contribution in [0.3, 0.4) is 0 Å². The van der Waals surface area contributed by atoms with Gasteiger partial charge in [-0.15, -0.1) is 0 Å². The molecule has 0 aromatic heterocycles. The summed E-state index contributed by atoms with van der Waals surface area (Å²) in [5.74, 6) is 0.0694. The van der Waals surface area contributed by atoms with Crippen molar-refractivity contribution in [2.45, 2.75) is 19.4 Å². The summed E-state index contributed by atoms with van der Waals surface area (Å²) in [6.45, 7) is 3.25. The fourth-order valence-corrected chi connectivity index (χ4v) is 5.79. The standard InChI is InChI=1S/C10H22N4O4S2/c1-3-9(10(11)12)13-4-6-14(7-5-13)20(17,18)8-19(2,15)16/h9H,3-8H2,1-2H3,(H3,11,12). The molecule has 1 aliphatic heterocycles. The van der Waals surface area contributed by atoms with Crippen molar-refractivity contribution in [2.75, 3.05) is 37.5 Å². The summed E-state index contributed by atoms with van der Waals surface area (Å²) in [5, 5.41) is 6.65. The molecule has 1 atom stereocenters. The highest BCUT2D eigenvalue weighted by Crippen LogP contribution is 2.13. The molecular weight excluding hydrogens is 304 g/mol. The maximum absolute atomic E-state index is 11.9. The molecule has 118 valence electrons. The van der Waals surface area contributed by atoms with Crippen molar-refractivity contribution in [3.63, 3.8) is 0 Å². The Balaban J connectivity index is 2.69. The average molecular weight is 326 g/mol. The first kappa shape index (κ1) is 17.3. The first-order chi connectivity index (χ1) is 9.07. The van der Waals surface area contributed by atoms with Gasteiger partial charge in [0.05, 0.1) is 6.04 Å². The molecule has 0 aliphatic carbocycles. The molecule has 0 spiro atoms. The highest BCUT2D eigenvalue weighted by molar-refractivity contribution is 8.06. The van der Waals surface area contributed by atoms with Crippen molar-refractivity contribution in [1.29, 1.82) is 5.41 Å². The molecule has 0 radical (unpaired) electrons. The van der Waals surface area contributed by atoms with E-state index in [9.17, 15) is 16.8 Å². The van der Waals surface area contributed by atoms with Crippen LogP contribution in [0.4, 0.5) is 0 Å². The number of piperazine rings is 1. The highest BCUT2D eigenvalue weighted by atomic mass is 32.3. The van der Waals surface area contributed by atoms with Crippen LogP contribution in [-0.4, -0.2) is 75.4 Å². The van der Waals surface area contributed by atoms with E-state index in [1.54, 1.807) is 0 Å². The summed E-state index contributed by atoms with van der Waals surface area (Å²) < 4.78 is 47.4. The van der Waals surface area contributed by atoms with Crippen LogP contribution >= 0.6 is 0 Å². The molecule has 8 nitrogen and oxygen atoms in total. The second-order valence-corrected chi connectivity index (χ2v) is 9.44. The number of hydrogen-bond donors (Lipinski definition) is 2. The van der Waals surface area contributed by atoms with E-state index in [4.69, 9.17) is 11.1 Å². The van der Waals surface area contributed by atoms with Crippen molar-refractivity contribution in [3.8, 4) is 0 Å². The van der Waals surface area contributed by atoms with E-state index >= 15 is 0 Å². The van der Waals surface area contributed by atoms with Crippen LogP contribution in [0.2, 0.25) is 0 Å². The van der Waals surface area contributed by atoms with E-state index < -0.39 is 24.9 Å². The van der Waals surface area contributed by atoms with Gasteiger partial charge in [-0.05, 0) is 6.42 Å². The van der Waals surface area contributed by atoms with Gasteiger partial charge in [0.1, 0.15) is 5.84 Å². The van der Waals surface area contributed by atoms with Gasteiger partial charge in [0.2, 0.25) is 10.0 Å². The molecule has 0 amide bonds. The number of hydrogen-bond acceptors (Lipinski definition) is 6. The number of amidine groups is 1. The summed E-state index contributed by atoms with van der Waals surface area (Å²) in [5.41, 5.74) is 5.51.